The summed E-state index contributed by atoms with van der Waals surface area (Å²) in [4.78, 5) is 22.1. The van der Waals surface area contributed by atoms with Crippen molar-refractivity contribution < 1.29 is 40.9 Å². The number of carboxylic acid groups (broad SMARTS) is 1. The first-order valence-corrected chi connectivity index (χ1v) is 28.5. The molecule has 0 saturated carbocycles. The summed E-state index contributed by atoms with van der Waals surface area (Å²) in [6.07, 6.45) is -1.24. The molecule has 5 aromatic carbocycles. The Kier molecular flexibility index (Phi) is 14.2. The van der Waals surface area contributed by atoms with E-state index in [1.54, 1.807) is 113 Å². The SMILES string of the molecule is COc1ccc(CN(Cc2ccc(OC)cc2)S(=O)(=O)c2c(S(=O)(=O)CC[Si](C)(C)C)ccc(-c3cccc4[nH]c(N(C(=O)O)C(C)(C)C)nc34)c2-c2nnn(Cc3ccc(OC)cc3)n2)cc1. The van der Waals surface area contributed by atoms with Gasteiger partial charge in [-0.05, 0) is 103 Å². The van der Waals surface area contributed by atoms with Crippen LogP contribution in [0.1, 0.15) is 37.5 Å². The maximum Gasteiger partial charge on any atom is 0.414 e. The Labute approximate surface area is 397 Å². The number of anilines is 1. The van der Waals surface area contributed by atoms with Crippen molar-refractivity contribution in [1.82, 2.24) is 34.5 Å². The predicted molar refractivity (Wildman–Crippen MR) is 263 cm³/mol. The number of ether oxygens (including phenoxy) is 3. The smallest absolute Gasteiger partial charge is 0.414 e. The molecule has 358 valence electrons. The Hall–Kier alpha value is -6.61. The van der Waals surface area contributed by atoms with Crippen LogP contribution in [0.25, 0.3) is 33.5 Å². The molecule has 2 aromatic heterocycles. The first-order valence-electron chi connectivity index (χ1n) is 21.7. The molecule has 0 aliphatic rings. The summed E-state index contributed by atoms with van der Waals surface area (Å²) in [6.45, 7) is 11.1. The third-order valence-electron chi connectivity index (χ3n) is 11.2. The zero-order chi connectivity index (χ0) is 49.2. The number of nitrogens with one attached hydrogen (secondary N) is 1. The van der Waals surface area contributed by atoms with Gasteiger partial charge in [0.25, 0.3) is 0 Å². The number of tetrazole rings is 1. The minimum absolute atomic E-state index is 0.0288. The zero-order valence-electron chi connectivity index (χ0n) is 39.5. The average molecular weight is 981 g/mol. The predicted octanol–water partition coefficient (Wildman–Crippen LogP) is 8.74. The van der Waals surface area contributed by atoms with Gasteiger partial charge in [-0.25, -0.2) is 31.5 Å². The number of H-pyrrole nitrogens is 1. The molecule has 2 heterocycles. The topological polar surface area (TPSA) is 212 Å². The highest BCUT2D eigenvalue weighted by atomic mass is 32.2. The molecule has 68 heavy (non-hydrogen) atoms. The largest absolute Gasteiger partial charge is 0.497 e. The van der Waals surface area contributed by atoms with Crippen molar-refractivity contribution in [3.63, 3.8) is 0 Å². The van der Waals surface area contributed by atoms with E-state index in [4.69, 9.17) is 24.3 Å². The number of nitrogens with zero attached hydrogens (tertiary/aromatic N) is 7. The van der Waals surface area contributed by atoms with Gasteiger partial charge >= 0.3 is 6.09 Å². The molecule has 0 fully saturated rings. The lowest BCUT2D eigenvalue weighted by Gasteiger charge is -2.30. The van der Waals surface area contributed by atoms with Gasteiger partial charge in [-0.15, -0.1) is 10.2 Å². The summed E-state index contributed by atoms with van der Waals surface area (Å²) in [5.41, 5.74) is 2.23. The van der Waals surface area contributed by atoms with Crippen LogP contribution in [0, 0.1) is 0 Å². The quantitative estimate of drug-likeness (QED) is 0.0771. The van der Waals surface area contributed by atoms with Crippen molar-refractivity contribution in [2.75, 3.05) is 32.0 Å². The molecule has 7 rings (SSSR count). The van der Waals surface area contributed by atoms with Crippen molar-refractivity contribution in [3.05, 3.63) is 120 Å². The molecule has 0 bridgehead atoms. The summed E-state index contributed by atoms with van der Waals surface area (Å²) in [6, 6.07) is 29.5. The molecule has 0 spiro atoms. The molecule has 1 amide bonds. The van der Waals surface area contributed by atoms with Crippen LogP contribution in [0.15, 0.2) is 113 Å². The lowest BCUT2D eigenvalue weighted by molar-refractivity contribution is 0.195. The van der Waals surface area contributed by atoms with Gasteiger partial charge in [0.2, 0.25) is 21.8 Å². The van der Waals surface area contributed by atoms with Crippen molar-refractivity contribution >= 4 is 51.0 Å². The van der Waals surface area contributed by atoms with E-state index in [0.717, 1.165) is 10.5 Å². The van der Waals surface area contributed by atoms with E-state index in [2.05, 4.69) is 34.9 Å². The van der Waals surface area contributed by atoms with Crippen molar-refractivity contribution in [2.45, 2.75) is 81.4 Å². The van der Waals surface area contributed by atoms with Crippen molar-refractivity contribution in [3.8, 4) is 39.8 Å². The molecule has 0 radical (unpaired) electrons. The second-order valence-electron chi connectivity index (χ2n) is 18.5. The number of fused-ring (bicyclic) bond motifs is 1. The Morgan fingerprint density at radius 2 is 1.29 bits per heavy atom. The fourth-order valence-corrected chi connectivity index (χ4v) is 14.4. The first-order chi connectivity index (χ1) is 32.1. The third-order valence-corrected chi connectivity index (χ3v) is 17.1. The van der Waals surface area contributed by atoms with Crippen LogP contribution in [-0.2, 0) is 39.5 Å². The van der Waals surface area contributed by atoms with Crippen LogP contribution in [0.5, 0.6) is 17.2 Å². The highest BCUT2D eigenvalue weighted by molar-refractivity contribution is 7.93. The number of aromatic nitrogens is 6. The standard InChI is InChI=1S/C48H56N8O9S2Si/c1-48(2,3)56(47(57)58)46-49-40-12-10-11-39(43(40)50-46)38-25-26-41(66(59,60)27-28-68(7,8)9)44(42(38)45-51-53-55(52-45)31-34-17-23-37(65-6)24-18-34)67(61,62)54(29-32-13-19-35(63-4)20-14-32)30-33-15-21-36(64-5)22-16-33/h10-26H,27-31H2,1-9H3,(H,49,50)(H,57,58). The molecule has 2 N–H and O–H groups in total. The molecule has 0 aliphatic carbocycles. The lowest BCUT2D eigenvalue weighted by Crippen LogP contribution is -2.45. The maximum atomic E-state index is 16.2. The number of sulfonamides is 1. The number of benzene rings is 5. The van der Waals surface area contributed by atoms with Gasteiger partial charge in [0.1, 0.15) is 22.1 Å². The summed E-state index contributed by atoms with van der Waals surface area (Å²) in [5, 5.41) is 23.9. The number of rotatable bonds is 18. The van der Waals surface area contributed by atoms with E-state index in [1.165, 1.54) is 29.4 Å². The number of hydrogen-bond acceptors (Lipinski definition) is 12. The third kappa shape index (κ3) is 10.9. The number of aromatic amines is 1. The van der Waals surface area contributed by atoms with E-state index in [1.807, 2.05) is 12.1 Å². The van der Waals surface area contributed by atoms with Crippen LogP contribution in [0.3, 0.4) is 0 Å². The number of sulfone groups is 1. The molecular weight excluding hydrogens is 925 g/mol. The normalized spacial score (nSPS) is 12.4. The number of para-hydroxylation sites is 1. The highest BCUT2D eigenvalue weighted by Gasteiger charge is 2.39. The van der Waals surface area contributed by atoms with Gasteiger partial charge in [0, 0.05) is 32.3 Å². The second-order valence-corrected chi connectivity index (χ2v) is 28.0. The maximum absolute atomic E-state index is 16.2. The van der Waals surface area contributed by atoms with Gasteiger partial charge in [0.15, 0.2) is 9.84 Å². The van der Waals surface area contributed by atoms with Crippen LogP contribution >= 0.6 is 0 Å². The molecule has 7 aromatic rings. The Morgan fingerprint density at radius 3 is 1.79 bits per heavy atom. The molecule has 0 atom stereocenters. The monoisotopic (exact) mass is 980 g/mol. The van der Waals surface area contributed by atoms with Crippen molar-refractivity contribution in [2.24, 2.45) is 0 Å². The summed E-state index contributed by atoms with van der Waals surface area (Å²) < 4.78 is 79.6. The Bertz CT molecular complexity index is 3100. The summed E-state index contributed by atoms with van der Waals surface area (Å²) >= 11 is 0. The fraction of sp³-hybridized carbons (Fsp3) is 0.312. The van der Waals surface area contributed by atoms with Crippen LogP contribution in [0.4, 0.5) is 10.7 Å². The van der Waals surface area contributed by atoms with Gasteiger partial charge in [-0.1, -0.05) is 74.2 Å². The summed E-state index contributed by atoms with van der Waals surface area (Å²) in [7, 11) is -6.62. The molecular formula is C48H56N8O9S2Si. The van der Waals surface area contributed by atoms with E-state index in [9.17, 15) is 18.3 Å². The molecule has 20 heteroatoms. The second kappa shape index (κ2) is 19.5. The average Bonchev–Trinajstić information content (AvgIpc) is 3.94. The van der Waals surface area contributed by atoms with E-state index < -0.39 is 49.4 Å². The van der Waals surface area contributed by atoms with Crippen LogP contribution < -0.4 is 19.1 Å². The number of imidazole rings is 1. The fourth-order valence-electron chi connectivity index (χ4n) is 7.63. The van der Waals surface area contributed by atoms with E-state index in [0.29, 0.717) is 45.5 Å². The van der Waals surface area contributed by atoms with Crippen molar-refractivity contribution in [1.29, 1.82) is 0 Å². The number of carbonyl (C=O) groups is 1. The Morgan fingerprint density at radius 1 is 0.750 bits per heavy atom. The molecule has 0 aliphatic heterocycles. The minimum Gasteiger partial charge on any atom is -0.497 e. The number of hydrogen-bond donors (Lipinski definition) is 2. The molecule has 0 unspecified atom stereocenters. The molecule has 0 saturated heterocycles. The van der Waals surface area contributed by atoms with Crippen LogP contribution in [0.2, 0.25) is 25.7 Å². The molecule has 17 nitrogen and oxygen atoms in total. The lowest BCUT2D eigenvalue weighted by atomic mass is 9.98. The van der Waals surface area contributed by atoms with Gasteiger partial charge < -0.3 is 24.3 Å². The zero-order valence-corrected chi connectivity index (χ0v) is 42.1. The highest BCUT2D eigenvalue weighted by Crippen LogP contribution is 2.44. The number of methoxy groups -OCH3 is 3. The van der Waals surface area contributed by atoms with Gasteiger partial charge in [0.05, 0.1) is 55.1 Å². The minimum atomic E-state index is -4.90. The van der Waals surface area contributed by atoms with E-state index >= 15 is 8.42 Å². The summed E-state index contributed by atoms with van der Waals surface area (Å²) in [5.74, 6) is 1.33. The number of amides is 1. The Balaban J connectivity index is 1.55. The van der Waals surface area contributed by atoms with E-state index in [-0.39, 0.29) is 53.8 Å². The van der Waals surface area contributed by atoms with Gasteiger partial charge in [-0.2, -0.15) is 9.10 Å². The first kappa shape index (κ1) is 49.3. The van der Waals surface area contributed by atoms with Gasteiger partial charge in [-0.3, -0.25) is 0 Å². The van der Waals surface area contributed by atoms with Crippen LogP contribution in [-0.4, -0.2) is 103 Å².